The Kier molecular flexibility index (Phi) is 4.74. The third-order valence-electron chi connectivity index (χ3n) is 3.49. The molecule has 1 heterocycles. The molecule has 1 aliphatic rings. The lowest BCUT2D eigenvalue weighted by atomic mass is 10.0. The zero-order chi connectivity index (χ0) is 15.4. The van der Waals surface area contributed by atoms with Crippen LogP contribution >= 0.6 is 0 Å². The highest BCUT2D eigenvalue weighted by Crippen LogP contribution is 2.22. The van der Waals surface area contributed by atoms with Crippen LogP contribution in [-0.4, -0.2) is 47.5 Å². The number of carbonyl (C=O) groups excluding carboxylic acids is 2. The van der Waals surface area contributed by atoms with E-state index in [2.05, 4.69) is 5.32 Å². The number of hydrogen-bond donors (Lipinski definition) is 3. The minimum atomic E-state index is -0.648. The maximum Gasteiger partial charge on any atom is 0.258 e. The first-order valence-corrected chi connectivity index (χ1v) is 6.77. The van der Waals surface area contributed by atoms with Crippen LogP contribution in [0, 0.1) is 5.82 Å². The molecule has 1 unspecified atom stereocenters. The van der Waals surface area contributed by atoms with Crippen molar-refractivity contribution in [3.05, 3.63) is 29.6 Å². The summed E-state index contributed by atoms with van der Waals surface area (Å²) < 4.78 is 13.3. The summed E-state index contributed by atoms with van der Waals surface area (Å²) in [6.45, 7) is 1.12. The summed E-state index contributed by atoms with van der Waals surface area (Å²) in [6, 6.07) is 2.93. The number of aromatic hydroxyl groups is 1. The molecular weight excluding hydrogens is 277 g/mol. The number of carbonyl (C=O) groups is 2. The Bertz CT molecular complexity index is 544. The van der Waals surface area contributed by atoms with Gasteiger partial charge in [0.2, 0.25) is 5.91 Å². The van der Waals surface area contributed by atoms with Crippen molar-refractivity contribution in [2.24, 2.45) is 5.73 Å². The lowest BCUT2D eigenvalue weighted by Crippen LogP contribution is -2.51. The molecule has 1 atom stereocenters. The van der Waals surface area contributed by atoms with Crippen molar-refractivity contribution in [2.75, 3.05) is 19.6 Å². The van der Waals surface area contributed by atoms with E-state index in [0.717, 1.165) is 37.6 Å². The molecular formula is C14H18FN3O3. The van der Waals surface area contributed by atoms with Crippen LogP contribution in [0.4, 0.5) is 4.39 Å². The van der Waals surface area contributed by atoms with Crippen LogP contribution in [-0.2, 0) is 4.79 Å². The molecule has 0 radical (unpaired) electrons. The van der Waals surface area contributed by atoms with Gasteiger partial charge >= 0.3 is 0 Å². The average molecular weight is 295 g/mol. The Labute approximate surface area is 121 Å². The van der Waals surface area contributed by atoms with Crippen molar-refractivity contribution in [3.8, 4) is 5.75 Å². The Morgan fingerprint density at radius 1 is 1.48 bits per heavy atom. The first kappa shape index (κ1) is 15.2. The predicted octanol–water partition coefficient (Wildman–Crippen LogP) is 0.211. The summed E-state index contributed by atoms with van der Waals surface area (Å²) in [5, 5.41) is 12.9. The van der Waals surface area contributed by atoms with Gasteiger partial charge in [0.05, 0.1) is 12.1 Å². The molecule has 1 aromatic carbocycles. The van der Waals surface area contributed by atoms with Gasteiger partial charge in [-0.25, -0.2) is 4.39 Å². The smallest absolute Gasteiger partial charge is 0.258 e. The van der Waals surface area contributed by atoms with Crippen LogP contribution in [0.2, 0.25) is 0 Å². The molecule has 1 aliphatic heterocycles. The highest BCUT2D eigenvalue weighted by Gasteiger charge is 2.29. The second-order valence-corrected chi connectivity index (χ2v) is 5.06. The molecule has 7 heteroatoms. The minimum absolute atomic E-state index is 0.165. The molecule has 0 bridgehead atoms. The predicted molar refractivity (Wildman–Crippen MR) is 74.2 cm³/mol. The average Bonchev–Trinajstić information content (AvgIpc) is 2.47. The van der Waals surface area contributed by atoms with Crippen molar-refractivity contribution in [3.63, 3.8) is 0 Å². The number of phenols is 1. The van der Waals surface area contributed by atoms with Crippen LogP contribution in [0.25, 0.3) is 0 Å². The molecule has 1 saturated heterocycles. The van der Waals surface area contributed by atoms with Crippen LogP contribution in [0.3, 0.4) is 0 Å². The number of primary amides is 1. The van der Waals surface area contributed by atoms with E-state index in [0.29, 0.717) is 6.54 Å². The molecule has 4 N–H and O–H groups in total. The van der Waals surface area contributed by atoms with Gasteiger partial charge in [0, 0.05) is 12.6 Å². The Hall–Kier alpha value is -2.15. The summed E-state index contributed by atoms with van der Waals surface area (Å²) in [7, 11) is 0. The zero-order valence-corrected chi connectivity index (χ0v) is 11.5. The first-order valence-electron chi connectivity index (χ1n) is 6.77. The largest absolute Gasteiger partial charge is 0.507 e. The van der Waals surface area contributed by atoms with E-state index in [9.17, 15) is 19.1 Å². The molecule has 1 fully saturated rings. The topological polar surface area (TPSA) is 95.7 Å². The van der Waals surface area contributed by atoms with Crippen molar-refractivity contribution in [1.82, 2.24) is 10.2 Å². The van der Waals surface area contributed by atoms with Gasteiger partial charge in [0.1, 0.15) is 11.6 Å². The highest BCUT2D eigenvalue weighted by molar-refractivity contribution is 5.98. The lowest BCUT2D eigenvalue weighted by molar-refractivity contribution is -0.119. The van der Waals surface area contributed by atoms with Gasteiger partial charge in [-0.2, -0.15) is 0 Å². The maximum atomic E-state index is 13.3. The molecule has 114 valence electrons. The Morgan fingerprint density at radius 2 is 2.24 bits per heavy atom. The number of halogens is 1. The molecule has 0 aliphatic carbocycles. The maximum absolute atomic E-state index is 13.3. The first-order chi connectivity index (χ1) is 9.99. The second kappa shape index (κ2) is 6.53. The monoisotopic (exact) mass is 295 g/mol. The fraction of sp³-hybridized carbons (Fsp3) is 0.429. The van der Waals surface area contributed by atoms with Gasteiger partial charge in [-0.15, -0.1) is 0 Å². The highest BCUT2D eigenvalue weighted by atomic mass is 19.1. The van der Waals surface area contributed by atoms with Gasteiger partial charge in [-0.1, -0.05) is 0 Å². The number of benzene rings is 1. The standard InChI is InChI=1S/C14H18FN3O3/c15-9-3-4-12(19)11(6-9)14(21)18(8-13(16)20)10-2-1-5-17-7-10/h3-4,6,10,17,19H,1-2,5,7-8H2,(H2,16,20). The van der Waals surface area contributed by atoms with Crippen molar-refractivity contribution in [2.45, 2.75) is 18.9 Å². The van der Waals surface area contributed by atoms with E-state index in [1.54, 1.807) is 0 Å². The third-order valence-corrected chi connectivity index (χ3v) is 3.49. The van der Waals surface area contributed by atoms with Crippen molar-refractivity contribution < 1.29 is 19.1 Å². The number of phenolic OH excluding ortho intramolecular Hbond substituents is 1. The van der Waals surface area contributed by atoms with Crippen LogP contribution in [0.1, 0.15) is 23.2 Å². The number of nitrogens with one attached hydrogen (secondary N) is 1. The van der Waals surface area contributed by atoms with Gasteiger partial charge in [-0.3, -0.25) is 9.59 Å². The number of piperidine rings is 1. The summed E-state index contributed by atoms with van der Waals surface area (Å²) in [5.41, 5.74) is 5.03. The minimum Gasteiger partial charge on any atom is -0.507 e. The zero-order valence-electron chi connectivity index (χ0n) is 11.5. The number of amides is 2. The Balaban J connectivity index is 2.28. The molecule has 0 saturated carbocycles. The normalized spacial score (nSPS) is 18.2. The molecule has 1 aromatic rings. The number of nitrogens with two attached hydrogens (primary N) is 1. The third kappa shape index (κ3) is 3.69. The summed E-state index contributed by atoms with van der Waals surface area (Å²) in [4.78, 5) is 25.0. The van der Waals surface area contributed by atoms with Crippen LogP contribution in [0.15, 0.2) is 18.2 Å². The van der Waals surface area contributed by atoms with E-state index >= 15 is 0 Å². The molecule has 21 heavy (non-hydrogen) atoms. The fourth-order valence-corrected chi connectivity index (χ4v) is 2.47. The molecule has 0 spiro atoms. The number of hydrogen-bond acceptors (Lipinski definition) is 4. The summed E-state index contributed by atoms with van der Waals surface area (Å²) in [6.07, 6.45) is 1.59. The number of nitrogens with zero attached hydrogens (tertiary/aromatic N) is 1. The van der Waals surface area contributed by atoms with E-state index < -0.39 is 17.6 Å². The van der Waals surface area contributed by atoms with Gasteiger partial charge in [-0.05, 0) is 37.6 Å². The van der Waals surface area contributed by atoms with E-state index in [1.807, 2.05) is 0 Å². The molecule has 2 rings (SSSR count). The quantitative estimate of drug-likeness (QED) is 0.740. The molecule has 2 amide bonds. The Morgan fingerprint density at radius 3 is 2.86 bits per heavy atom. The van der Waals surface area contributed by atoms with Crippen molar-refractivity contribution >= 4 is 11.8 Å². The van der Waals surface area contributed by atoms with E-state index in [1.165, 1.54) is 4.90 Å². The fourth-order valence-electron chi connectivity index (χ4n) is 2.47. The lowest BCUT2D eigenvalue weighted by Gasteiger charge is -2.34. The summed E-state index contributed by atoms with van der Waals surface area (Å²) in [5.74, 6) is -2.19. The van der Waals surface area contributed by atoms with Crippen LogP contribution < -0.4 is 11.1 Å². The van der Waals surface area contributed by atoms with E-state index in [-0.39, 0.29) is 23.9 Å². The van der Waals surface area contributed by atoms with Gasteiger partial charge in [0.15, 0.2) is 0 Å². The SMILES string of the molecule is NC(=O)CN(C(=O)c1cc(F)ccc1O)C1CCCNC1. The number of rotatable bonds is 4. The van der Waals surface area contributed by atoms with E-state index in [4.69, 9.17) is 5.73 Å². The molecule has 0 aromatic heterocycles. The second-order valence-electron chi connectivity index (χ2n) is 5.06. The van der Waals surface area contributed by atoms with Gasteiger partial charge in [0.25, 0.3) is 5.91 Å². The summed E-state index contributed by atoms with van der Waals surface area (Å²) >= 11 is 0. The van der Waals surface area contributed by atoms with Crippen LogP contribution in [0.5, 0.6) is 5.75 Å². The van der Waals surface area contributed by atoms with Crippen molar-refractivity contribution in [1.29, 1.82) is 0 Å². The molecule has 6 nitrogen and oxygen atoms in total. The van der Waals surface area contributed by atoms with Gasteiger partial charge < -0.3 is 21.1 Å².